The first-order chi connectivity index (χ1) is 18.0. The Balaban J connectivity index is 1.58. The van der Waals surface area contributed by atoms with E-state index in [1.807, 2.05) is 29.1 Å². The van der Waals surface area contributed by atoms with Crippen molar-refractivity contribution in [3.8, 4) is 17.3 Å². The lowest BCUT2D eigenvalue weighted by molar-refractivity contribution is 0.189. The number of hydrogen-bond acceptors (Lipinski definition) is 8. The van der Waals surface area contributed by atoms with Crippen LogP contribution in [0.25, 0.3) is 11.3 Å². The molecule has 0 fully saturated rings. The quantitative estimate of drug-likeness (QED) is 0.252. The van der Waals surface area contributed by atoms with E-state index in [4.69, 9.17) is 14.1 Å². The zero-order chi connectivity index (χ0) is 27.6. The third-order valence-corrected chi connectivity index (χ3v) is 12.2. The molecule has 202 valence electrons. The number of aryl methyl sites for hydroxylation is 1. The average molecular weight is 534 g/mol. The van der Waals surface area contributed by atoms with E-state index in [9.17, 15) is 5.26 Å². The summed E-state index contributed by atoms with van der Waals surface area (Å²) in [6.07, 6.45) is 4.52. The molecular weight excluding hydrogens is 494 g/mol. The van der Waals surface area contributed by atoms with Gasteiger partial charge in [0.1, 0.15) is 6.07 Å². The molecular formula is C28H39N7O2Si. The number of aromatic nitrogens is 4. The molecule has 2 aromatic heterocycles. The van der Waals surface area contributed by atoms with Gasteiger partial charge in [-0.15, -0.1) is 0 Å². The second-order valence-electron chi connectivity index (χ2n) is 11.7. The van der Waals surface area contributed by atoms with Gasteiger partial charge in [-0.3, -0.25) is 4.68 Å². The van der Waals surface area contributed by atoms with Gasteiger partial charge in [-0.05, 0) is 48.3 Å². The molecule has 1 atom stereocenters. The average Bonchev–Trinajstić information content (AvgIpc) is 3.46. The van der Waals surface area contributed by atoms with Crippen LogP contribution in [0.2, 0.25) is 18.1 Å². The van der Waals surface area contributed by atoms with Crippen LogP contribution in [0.5, 0.6) is 0 Å². The minimum atomic E-state index is -1.93. The molecule has 1 aliphatic heterocycles. The summed E-state index contributed by atoms with van der Waals surface area (Å²) >= 11 is 0. The highest BCUT2D eigenvalue weighted by atomic mass is 28.4. The van der Waals surface area contributed by atoms with E-state index in [1.165, 1.54) is 0 Å². The van der Waals surface area contributed by atoms with Crippen LogP contribution >= 0.6 is 0 Å². The molecule has 0 spiro atoms. The number of nitrogens with one attached hydrogen (secondary N) is 2. The summed E-state index contributed by atoms with van der Waals surface area (Å²) in [6, 6.07) is 10.2. The molecule has 1 aliphatic rings. The number of benzene rings is 1. The largest absolute Gasteiger partial charge is 0.416 e. The van der Waals surface area contributed by atoms with Crippen molar-refractivity contribution >= 4 is 25.8 Å². The normalized spacial score (nSPS) is 17.1. The van der Waals surface area contributed by atoms with E-state index < -0.39 is 8.32 Å². The number of ether oxygens (including phenoxy) is 1. The second-order valence-corrected chi connectivity index (χ2v) is 16.5. The summed E-state index contributed by atoms with van der Waals surface area (Å²) in [4.78, 5) is 9.13. The molecule has 0 aliphatic carbocycles. The number of methoxy groups -OCH3 is 1. The molecule has 3 heterocycles. The molecule has 4 rings (SSSR count). The highest BCUT2D eigenvalue weighted by Crippen LogP contribution is 2.44. The van der Waals surface area contributed by atoms with Gasteiger partial charge >= 0.3 is 0 Å². The van der Waals surface area contributed by atoms with Crippen molar-refractivity contribution in [2.24, 2.45) is 0 Å². The Hall–Kier alpha value is -3.26. The van der Waals surface area contributed by atoms with Gasteiger partial charge in [0.05, 0.1) is 16.9 Å². The Morgan fingerprint density at radius 3 is 2.76 bits per heavy atom. The first-order valence-electron chi connectivity index (χ1n) is 13.0. The van der Waals surface area contributed by atoms with Crippen LogP contribution in [-0.2, 0) is 21.1 Å². The molecule has 0 bridgehead atoms. The fourth-order valence-corrected chi connectivity index (χ4v) is 5.34. The zero-order valence-electron chi connectivity index (χ0n) is 23.6. The van der Waals surface area contributed by atoms with Gasteiger partial charge in [-0.1, -0.05) is 27.7 Å². The first kappa shape index (κ1) is 27.8. The number of nitriles is 1. The van der Waals surface area contributed by atoms with E-state index >= 15 is 0 Å². The van der Waals surface area contributed by atoms with Crippen molar-refractivity contribution in [2.75, 3.05) is 37.5 Å². The minimum absolute atomic E-state index is 0.127. The smallest absolute Gasteiger partial charge is 0.228 e. The molecule has 0 amide bonds. The van der Waals surface area contributed by atoms with E-state index in [2.05, 4.69) is 73.6 Å². The van der Waals surface area contributed by atoms with Crippen LogP contribution in [0.3, 0.4) is 0 Å². The van der Waals surface area contributed by atoms with Crippen LogP contribution in [0, 0.1) is 11.3 Å². The van der Waals surface area contributed by atoms with Gasteiger partial charge < -0.3 is 19.8 Å². The van der Waals surface area contributed by atoms with Crippen molar-refractivity contribution in [3.05, 3.63) is 47.8 Å². The summed E-state index contributed by atoms with van der Waals surface area (Å²) in [5.74, 6) is 1.12. The predicted molar refractivity (Wildman–Crippen MR) is 153 cm³/mol. The van der Waals surface area contributed by atoms with E-state index in [-0.39, 0.29) is 10.5 Å². The van der Waals surface area contributed by atoms with Crippen LogP contribution in [0.15, 0.2) is 36.7 Å². The standard InChI is InChI=1S/C28H39N7O2Si/c1-27(2,3)38(6,7)37-19-28(4)18-31-25-21(17-29)15-20(16-22(25)28)23-9-11-30-26(32-23)33-24-10-13-35(34-24)12-8-14-36-5/h9-11,13,15-16,31H,8,12,14,18-19H2,1-7H3,(H,30,32,33,34). The molecule has 2 N–H and O–H groups in total. The number of anilines is 3. The third kappa shape index (κ3) is 5.90. The number of nitrogens with zero attached hydrogens (tertiary/aromatic N) is 5. The highest BCUT2D eigenvalue weighted by molar-refractivity contribution is 6.74. The number of rotatable bonds is 10. The molecule has 0 radical (unpaired) electrons. The zero-order valence-corrected chi connectivity index (χ0v) is 24.6. The molecule has 10 heteroatoms. The Bertz CT molecular complexity index is 1330. The lowest BCUT2D eigenvalue weighted by Gasteiger charge is -2.39. The highest BCUT2D eigenvalue weighted by Gasteiger charge is 2.42. The predicted octanol–water partition coefficient (Wildman–Crippen LogP) is 5.70. The van der Waals surface area contributed by atoms with Crippen LogP contribution in [-0.4, -0.2) is 54.9 Å². The monoisotopic (exact) mass is 533 g/mol. The topological polar surface area (TPSA) is 110 Å². The molecule has 1 unspecified atom stereocenters. The Labute approximate surface area is 226 Å². The summed E-state index contributed by atoms with van der Waals surface area (Å²) in [6.45, 7) is 16.3. The lowest BCUT2D eigenvalue weighted by atomic mass is 9.83. The maximum Gasteiger partial charge on any atom is 0.228 e. The van der Waals surface area contributed by atoms with Crippen molar-refractivity contribution in [1.29, 1.82) is 5.26 Å². The van der Waals surface area contributed by atoms with Gasteiger partial charge in [-0.25, -0.2) is 9.97 Å². The lowest BCUT2D eigenvalue weighted by Crippen LogP contribution is -2.45. The minimum Gasteiger partial charge on any atom is -0.416 e. The molecule has 0 saturated carbocycles. The second kappa shape index (κ2) is 10.8. The third-order valence-electron chi connectivity index (χ3n) is 7.69. The summed E-state index contributed by atoms with van der Waals surface area (Å²) in [5, 5.41) is 21.3. The molecule has 38 heavy (non-hydrogen) atoms. The Kier molecular flexibility index (Phi) is 7.92. The van der Waals surface area contributed by atoms with Gasteiger partial charge in [0, 0.05) is 62.9 Å². The summed E-state index contributed by atoms with van der Waals surface area (Å²) in [7, 11) is -0.233. The fourth-order valence-electron chi connectivity index (χ4n) is 4.23. The van der Waals surface area contributed by atoms with Crippen LogP contribution in [0.4, 0.5) is 17.5 Å². The van der Waals surface area contributed by atoms with Crippen molar-refractivity contribution < 1.29 is 9.16 Å². The fraction of sp³-hybridized carbons (Fsp3) is 0.500. The van der Waals surface area contributed by atoms with E-state index in [0.717, 1.165) is 42.0 Å². The van der Waals surface area contributed by atoms with Gasteiger partial charge in [-0.2, -0.15) is 10.4 Å². The van der Waals surface area contributed by atoms with Crippen molar-refractivity contribution in [3.63, 3.8) is 0 Å². The molecule has 1 aromatic carbocycles. The van der Waals surface area contributed by atoms with Crippen molar-refractivity contribution in [1.82, 2.24) is 19.7 Å². The van der Waals surface area contributed by atoms with Crippen LogP contribution in [0.1, 0.15) is 45.2 Å². The summed E-state index contributed by atoms with van der Waals surface area (Å²) < 4.78 is 13.6. The molecule has 3 aromatic rings. The van der Waals surface area contributed by atoms with Gasteiger partial charge in [0.25, 0.3) is 0 Å². The molecule has 9 nitrogen and oxygen atoms in total. The summed E-state index contributed by atoms with van der Waals surface area (Å²) in [5.41, 5.74) is 3.95. The molecule has 0 saturated heterocycles. The maximum absolute atomic E-state index is 9.96. The van der Waals surface area contributed by atoms with E-state index in [0.29, 0.717) is 30.5 Å². The van der Waals surface area contributed by atoms with Gasteiger partial charge in [0.2, 0.25) is 5.95 Å². The van der Waals surface area contributed by atoms with Crippen LogP contribution < -0.4 is 10.6 Å². The number of fused-ring (bicyclic) bond motifs is 1. The SMILES string of the molecule is COCCCn1ccc(Nc2nccc(-c3cc(C#N)c4c(c3)C(C)(CO[Si](C)(C)C(C)(C)C)CN4)n2)n1. The Morgan fingerprint density at radius 1 is 1.26 bits per heavy atom. The number of hydrogen-bond donors (Lipinski definition) is 2. The van der Waals surface area contributed by atoms with Crippen molar-refractivity contribution in [2.45, 2.75) is 64.2 Å². The maximum atomic E-state index is 9.96. The Morgan fingerprint density at radius 2 is 2.05 bits per heavy atom. The van der Waals surface area contributed by atoms with Gasteiger partial charge in [0.15, 0.2) is 14.1 Å². The first-order valence-corrected chi connectivity index (χ1v) is 16.0. The van der Waals surface area contributed by atoms with E-state index in [1.54, 1.807) is 13.3 Å².